The summed E-state index contributed by atoms with van der Waals surface area (Å²) in [6.45, 7) is 2.08. The van der Waals surface area contributed by atoms with Crippen molar-refractivity contribution < 1.29 is 9.21 Å². The van der Waals surface area contributed by atoms with Crippen molar-refractivity contribution in [1.82, 2.24) is 15.3 Å². The monoisotopic (exact) mass is 434 g/mol. The number of rotatable bonds is 5. The molecule has 1 atom stereocenters. The summed E-state index contributed by atoms with van der Waals surface area (Å²) in [7, 11) is 0. The predicted molar refractivity (Wildman–Crippen MR) is 122 cm³/mol. The van der Waals surface area contributed by atoms with Gasteiger partial charge in [0.1, 0.15) is 17.4 Å². The molecule has 3 heterocycles. The third-order valence-electron chi connectivity index (χ3n) is 5.86. The van der Waals surface area contributed by atoms with Gasteiger partial charge < -0.3 is 14.6 Å². The first-order valence-electron chi connectivity index (χ1n) is 10.6. The Morgan fingerprint density at radius 2 is 2.00 bits per heavy atom. The minimum absolute atomic E-state index is 0.0756. The molecule has 1 N–H and O–H groups in total. The van der Waals surface area contributed by atoms with E-state index in [0.29, 0.717) is 18.7 Å². The number of hydrogen-bond acceptors (Lipinski definition) is 5. The molecule has 1 aliphatic rings. The largest absolute Gasteiger partial charge is 0.450 e. The van der Waals surface area contributed by atoms with Crippen LogP contribution in [-0.2, 0) is 11.2 Å². The number of carbonyl (C=O) groups is 1. The molecule has 1 amide bonds. The zero-order valence-electron chi connectivity index (χ0n) is 17.1. The number of anilines is 1. The smallest absolute Gasteiger partial charge is 0.224 e. The molecule has 0 saturated carbocycles. The van der Waals surface area contributed by atoms with Gasteiger partial charge in [0.15, 0.2) is 11.4 Å². The minimum Gasteiger partial charge on any atom is -0.450 e. The van der Waals surface area contributed by atoms with Gasteiger partial charge in [-0.15, -0.1) is 0 Å². The summed E-state index contributed by atoms with van der Waals surface area (Å²) >= 11 is 5.93. The van der Waals surface area contributed by atoms with Crippen LogP contribution in [0, 0.1) is 5.92 Å². The maximum atomic E-state index is 12.8. The molecule has 1 aliphatic heterocycles. The molecule has 0 aliphatic carbocycles. The van der Waals surface area contributed by atoms with Gasteiger partial charge in [0, 0.05) is 30.0 Å². The van der Waals surface area contributed by atoms with Crippen LogP contribution < -0.4 is 10.2 Å². The molecular weight excluding hydrogens is 412 g/mol. The molecule has 1 saturated heterocycles. The van der Waals surface area contributed by atoms with Gasteiger partial charge in [-0.3, -0.25) is 4.79 Å². The summed E-state index contributed by atoms with van der Waals surface area (Å²) in [6.07, 6.45) is 4.17. The topological polar surface area (TPSA) is 71.3 Å². The van der Waals surface area contributed by atoms with E-state index < -0.39 is 0 Å². The van der Waals surface area contributed by atoms with E-state index in [0.717, 1.165) is 58.7 Å². The lowest BCUT2D eigenvalue weighted by Gasteiger charge is -2.32. The van der Waals surface area contributed by atoms with E-state index in [1.54, 1.807) is 6.33 Å². The van der Waals surface area contributed by atoms with Crippen LogP contribution in [0.4, 0.5) is 5.82 Å². The van der Waals surface area contributed by atoms with Gasteiger partial charge in [0.25, 0.3) is 0 Å². The van der Waals surface area contributed by atoms with E-state index in [2.05, 4.69) is 20.2 Å². The summed E-state index contributed by atoms with van der Waals surface area (Å²) in [4.78, 5) is 23.9. The summed E-state index contributed by atoms with van der Waals surface area (Å²) in [5.41, 5.74) is 3.46. The summed E-state index contributed by atoms with van der Waals surface area (Å²) in [6, 6.07) is 15.6. The number of piperidine rings is 1. The number of furan rings is 1. The number of hydrogen-bond donors (Lipinski definition) is 1. The van der Waals surface area contributed by atoms with Crippen LogP contribution in [-0.4, -0.2) is 35.5 Å². The van der Waals surface area contributed by atoms with Gasteiger partial charge in [0.2, 0.25) is 5.91 Å². The van der Waals surface area contributed by atoms with Crippen molar-refractivity contribution in [2.75, 3.05) is 24.5 Å². The maximum absolute atomic E-state index is 12.8. The van der Waals surface area contributed by atoms with Crippen molar-refractivity contribution in [3.05, 3.63) is 65.4 Å². The first-order valence-corrected chi connectivity index (χ1v) is 11.0. The Hall–Kier alpha value is -3.12. The SMILES string of the molecule is O=C(NCCc1ccc(Cl)cc1)[C@H]1CCCN(c2ncnc3c2oc2ccccc23)C1. The molecule has 2 aromatic heterocycles. The normalized spacial score (nSPS) is 16.7. The molecule has 0 bridgehead atoms. The van der Waals surface area contributed by atoms with Crippen LogP contribution in [0.3, 0.4) is 0 Å². The number of para-hydroxylation sites is 1. The van der Waals surface area contributed by atoms with Crippen molar-refractivity contribution in [1.29, 1.82) is 0 Å². The number of benzene rings is 2. The number of nitrogens with zero attached hydrogens (tertiary/aromatic N) is 3. The van der Waals surface area contributed by atoms with Crippen molar-refractivity contribution in [3.63, 3.8) is 0 Å². The van der Waals surface area contributed by atoms with Crippen LogP contribution >= 0.6 is 11.6 Å². The summed E-state index contributed by atoms with van der Waals surface area (Å²) in [5, 5.41) is 4.79. The van der Waals surface area contributed by atoms with Crippen LogP contribution in [0.1, 0.15) is 18.4 Å². The van der Waals surface area contributed by atoms with Gasteiger partial charge >= 0.3 is 0 Å². The average Bonchev–Trinajstić information content (AvgIpc) is 3.19. The molecule has 4 aromatic rings. The van der Waals surface area contributed by atoms with Crippen molar-refractivity contribution in [2.45, 2.75) is 19.3 Å². The highest BCUT2D eigenvalue weighted by molar-refractivity contribution is 6.30. The molecule has 5 rings (SSSR count). The Labute approximate surface area is 185 Å². The van der Waals surface area contributed by atoms with Crippen molar-refractivity contribution in [3.8, 4) is 0 Å². The van der Waals surface area contributed by atoms with Crippen molar-refractivity contribution >= 4 is 45.4 Å². The van der Waals surface area contributed by atoms with E-state index in [9.17, 15) is 4.79 Å². The Morgan fingerprint density at radius 3 is 2.87 bits per heavy atom. The molecule has 6 nitrogen and oxygen atoms in total. The van der Waals surface area contributed by atoms with E-state index >= 15 is 0 Å². The fraction of sp³-hybridized carbons (Fsp3) is 0.292. The second-order valence-corrected chi connectivity index (χ2v) is 8.36. The zero-order chi connectivity index (χ0) is 21.2. The lowest BCUT2D eigenvalue weighted by Crippen LogP contribution is -2.43. The quantitative estimate of drug-likeness (QED) is 0.496. The van der Waals surface area contributed by atoms with Gasteiger partial charge in [-0.05, 0) is 49.1 Å². The van der Waals surface area contributed by atoms with Gasteiger partial charge in [0.05, 0.1) is 5.92 Å². The number of aromatic nitrogens is 2. The zero-order valence-corrected chi connectivity index (χ0v) is 17.8. The second-order valence-electron chi connectivity index (χ2n) is 7.93. The van der Waals surface area contributed by atoms with Crippen LogP contribution in [0.25, 0.3) is 22.1 Å². The number of amides is 1. The highest BCUT2D eigenvalue weighted by atomic mass is 35.5. The van der Waals surface area contributed by atoms with Gasteiger partial charge in [-0.1, -0.05) is 35.9 Å². The molecule has 0 unspecified atom stereocenters. The molecule has 0 spiro atoms. The third-order valence-corrected chi connectivity index (χ3v) is 6.11. The lowest BCUT2D eigenvalue weighted by molar-refractivity contribution is -0.125. The Bertz CT molecular complexity index is 1220. The van der Waals surface area contributed by atoms with Gasteiger partial charge in [-0.25, -0.2) is 9.97 Å². The van der Waals surface area contributed by atoms with E-state index in [4.69, 9.17) is 16.0 Å². The molecule has 1 fully saturated rings. The van der Waals surface area contributed by atoms with E-state index in [1.807, 2.05) is 48.5 Å². The molecule has 0 radical (unpaired) electrons. The Balaban J connectivity index is 1.28. The third kappa shape index (κ3) is 4.08. The summed E-state index contributed by atoms with van der Waals surface area (Å²) in [5.74, 6) is 0.779. The number of fused-ring (bicyclic) bond motifs is 3. The molecule has 2 aromatic carbocycles. The second kappa shape index (κ2) is 8.55. The molecule has 31 heavy (non-hydrogen) atoms. The lowest BCUT2D eigenvalue weighted by atomic mass is 9.97. The van der Waals surface area contributed by atoms with Crippen molar-refractivity contribution in [2.24, 2.45) is 5.92 Å². The van der Waals surface area contributed by atoms with Crippen LogP contribution in [0.15, 0.2) is 59.3 Å². The highest BCUT2D eigenvalue weighted by Crippen LogP contribution is 2.33. The fourth-order valence-electron chi connectivity index (χ4n) is 4.25. The number of carbonyl (C=O) groups excluding carboxylic acids is 1. The number of halogens is 1. The maximum Gasteiger partial charge on any atom is 0.224 e. The standard InChI is InChI=1S/C24H23ClN4O2/c25-18-9-7-16(8-10-18)11-12-26-24(30)17-4-3-13-29(14-17)23-22-21(27-15-28-23)19-5-1-2-6-20(19)31-22/h1-2,5-10,15,17H,3-4,11-14H2,(H,26,30)/t17-/m0/s1. The predicted octanol–water partition coefficient (Wildman–Crippen LogP) is 4.60. The fourth-order valence-corrected chi connectivity index (χ4v) is 4.37. The molecule has 7 heteroatoms. The van der Waals surface area contributed by atoms with Crippen LogP contribution in [0.2, 0.25) is 5.02 Å². The number of nitrogens with one attached hydrogen (secondary N) is 1. The minimum atomic E-state index is -0.0756. The Kier molecular flexibility index (Phi) is 5.47. The van der Waals surface area contributed by atoms with E-state index in [1.165, 1.54) is 0 Å². The van der Waals surface area contributed by atoms with Crippen LogP contribution in [0.5, 0.6) is 0 Å². The highest BCUT2D eigenvalue weighted by Gasteiger charge is 2.28. The molecule has 158 valence electrons. The first-order chi connectivity index (χ1) is 15.2. The first kappa shape index (κ1) is 19.8. The van der Waals surface area contributed by atoms with Gasteiger partial charge in [-0.2, -0.15) is 0 Å². The Morgan fingerprint density at radius 1 is 1.16 bits per heavy atom. The van der Waals surface area contributed by atoms with E-state index in [-0.39, 0.29) is 11.8 Å². The molecular formula is C24H23ClN4O2. The summed E-state index contributed by atoms with van der Waals surface area (Å²) < 4.78 is 6.08. The average molecular weight is 435 g/mol.